The molecule has 14 rings (SSSR count). The zero-order valence-electron chi connectivity index (χ0n) is 38.7. The quantitative estimate of drug-likeness (QED) is 0.151. The van der Waals surface area contributed by atoms with E-state index >= 15 is 0 Å². The lowest BCUT2D eigenvalue weighted by Gasteiger charge is -2.28. The van der Waals surface area contributed by atoms with E-state index < -0.39 is 0 Å². The zero-order chi connectivity index (χ0) is 44.7. The fraction of sp³-hybridized carbons (Fsp3) is 0.176. The maximum absolute atomic E-state index is 2.56. The van der Waals surface area contributed by atoms with Gasteiger partial charge in [0.05, 0.1) is 0 Å². The molecule has 68 heavy (non-hydrogen) atoms. The Bertz CT molecular complexity index is 3960. The number of hydrogen-bond acceptors (Lipinski definition) is 0. The van der Waals surface area contributed by atoms with Crippen molar-refractivity contribution in [3.8, 4) is 11.1 Å². The Balaban J connectivity index is 0.972. The summed E-state index contributed by atoms with van der Waals surface area (Å²) in [6, 6.07) is 42.2. The first-order valence-corrected chi connectivity index (χ1v) is 25.4. The Morgan fingerprint density at radius 3 is 1.62 bits per heavy atom. The monoisotopic (exact) mass is 870 g/mol. The number of allylic oxidation sites excluding steroid dienone is 14. The van der Waals surface area contributed by atoms with E-state index in [2.05, 4.69) is 194 Å². The Kier molecular flexibility index (Phi) is 9.50. The zero-order valence-corrected chi connectivity index (χ0v) is 38.7. The molecule has 0 N–H and O–H groups in total. The van der Waals surface area contributed by atoms with Gasteiger partial charge in [0.2, 0.25) is 0 Å². The minimum atomic E-state index is 0.437. The van der Waals surface area contributed by atoms with Crippen LogP contribution in [0.3, 0.4) is 0 Å². The lowest BCUT2D eigenvalue weighted by atomic mass is 9.76. The molecular formula is C68H54. The van der Waals surface area contributed by atoms with Crippen molar-refractivity contribution in [2.45, 2.75) is 64.2 Å². The normalized spacial score (nSPS) is 20.1. The summed E-state index contributed by atoms with van der Waals surface area (Å²) in [4.78, 5) is 0. The third kappa shape index (κ3) is 6.26. The molecule has 0 saturated heterocycles. The number of hydrogen-bond donors (Lipinski definition) is 0. The minimum Gasteiger partial charge on any atom is -0.0842 e. The highest BCUT2D eigenvalue weighted by molar-refractivity contribution is 6.16. The fourth-order valence-corrected chi connectivity index (χ4v) is 13.5. The van der Waals surface area contributed by atoms with E-state index in [1.54, 1.807) is 0 Å². The van der Waals surface area contributed by atoms with Gasteiger partial charge in [-0.3, -0.25) is 0 Å². The van der Waals surface area contributed by atoms with Crippen molar-refractivity contribution in [1.29, 1.82) is 0 Å². The molecule has 7 aromatic carbocycles. The van der Waals surface area contributed by atoms with Crippen molar-refractivity contribution < 1.29 is 0 Å². The van der Waals surface area contributed by atoms with Gasteiger partial charge in [0.15, 0.2) is 0 Å². The van der Waals surface area contributed by atoms with Crippen LogP contribution in [0, 0.1) is 11.8 Å². The summed E-state index contributed by atoms with van der Waals surface area (Å²) in [6.07, 6.45) is 44.4. The summed E-state index contributed by atoms with van der Waals surface area (Å²) < 4.78 is 0. The first kappa shape index (κ1) is 39.8. The van der Waals surface area contributed by atoms with Gasteiger partial charge in [-0.25, -0.2) is 0 Å². The van der Waals surface area contributed by atoms with Crippen molar-refractivity contribution in [2.75, 3.05) is 0 Å². The second-order valence-electron chi connectivity index (χ2n) is 20.1. The topological polar surface area (TPSA) is 0 Å². The maximum Gasteiger partial charge on any atom is 0.00617 e. The molecule has 7 aromatic rings. The molecule has 7 aliphatic carbocycles. The van der Waals surface area contributed by atoms with Crippen molar-refractivity contribution in [2.24, 2.45) is 11.8 Å². The molecule has 2 atom stereocenters. The molecule has 0 spiro atoms. The van der Waals surface area contributed by atoms with E-state index in [9.17, 15) is 0 Å². The van der Waals surface area contributed by atoms with Gasteiger partial charge in [0, 0.05) is 5.92 Å². The largest absolute Gasteiger partial charge is 0.0842 e. The van der Waals surface area contributed by atoms with E-state index in [4.69, 9.17) is 0 Å². The first-order valence-electron chi connectivity index (χ1n) is 25.4. The summed E-state index contributed by atoms with van der Waals surface area (Å²) >= 11 is 0. The van der Waals surface area contributed by atoms with Crippen LogP contribution in [-0.4, -0.2) is 0 Å². The summed E-state index contributed by atoms with van der Waals surface area (Å²) in [5.74, 6) is 1.04. The third-order valence-corrected chi connectivity index (χ3v) is 16.5. The molecule has 0 aliphatic heterocycles. The van der Waals surface area contributed by atoms with Gasteiger partial charge in [-0.2, -0.15) is 0 Å². The number of benzene rings is 7. The highest BCUT2D eigenvalue weighted by Crippen LogP contribution is 2.45. The second-order valence-corrected chi connectivity index (χ2v) is 20.1. The van der Waals surface area contributed by atoms with Crippen LogP contribution in [0.25, 0.3) is 90.0 Å². The summed E-state index contributed by atoms with van der Waals surface area (Å²) in [7, 11) is 0. The summed E-state index contributed by atoms with van der Waals surface area (Å²) in [6.45, 7) is 0. The molecule has 0 aromatic heterocycles. The number of fused-ring (bicyclic) bond motifs is 8. The van der Waals surface area contributed by atoms with E-state index in [1.165, 1.54) is 143 Å². The molecule has 0 amide bonds. The van der Waals surface area contributed by atoms with Gasteiger partial charge in [-0.15, -0.1) is 0 Å². The van der Waals surface area contributed by atoms with Crippen LogP contribution in [-0.2, 0) is 0 Å². The second kappa shape index (κ2) is 16.2. The summed E-state index contributed by atoms with van der Waals surface area (Å²) in [5, 5.41) is 16.7. The Hall–Kier alpha value is -7.28. The van der Waals surface area contributed by atoms with Gasteiger partial charge in [-0.05, 0) is 201 Å². The van der Waals surface area contributed by atoms with Crippen molar-refractivity contribution in [3.05, 3.63) is 235 Å². The predicted octanol–water partition coefficient (Wildman–Crippen LogP) is 12.8. The lowest BCUT2D eigenvalue weighted by Crippen LogP contribution is -2.39. The van der Waals surface area contributed by atoms with E-state index in [-0.39, 0.29) is 0 Å². The van der Waals surface area contributed by atoms with Crippen molar-refractivity contribution >= 4 is 78.9 Å². The third-order valence-electron chi connectivity index (χ3n) is 16.5. The van der Waals surface area contributed by atoms with Crippen LogP contribution in [0.1, 0.15) is 86.5 Å². The van der Waals surface area contributed by atoms with Crippen LogP contribution in [0.4, 0.5) is 0 Å². The average Bonchev–Trinajstić information content (AvgIpc) is 3.41. The van der Waals surface area contributed by atoms with Gasteiger partial charge in [0.1, 0.15) is 0 Å². The van der Waals surface area contributed by atoms with Crippen molar-refractivity contribution in [1.82, 2.24) is 0 Å². The molecular weight excluding hydrogens is 817 g/mol. The summed E-state index contributed by atoms with van der Waals surface area (Å²) in [5.41, 5.74) is 17.3. The van der Waals surface area contributed by atoms with Crippen molar-refractivity contribution in [3.63, 3.8) is 0 Å². The van der Waals surface area contributed by atoms with E-state index in [0.29, 0.717) is 11.8 Å². The molecule has 0 bridgehead atoms. The molecule has 0 fully saturated rings. The molecule has 0 nitrogen and oxygen atoms in total. The molecule has 0 saturated carbocycles. The van der Waals surface area contributed by atoms with Crippen LogP contribution < -0.4 is 31.3 Å². The van der Waals surface area contributed by atoms with Gasteiger partial charge >= 0.3 is 0 Å². The number of rotatable bonds is 5. The van der Waals surface area contributed by atoms with Crippen LogP contribution in [0.2, 0.25) is 0 Å². The standard InChI is InChI=1S/C68H54/c1-3-19-45-41-47(35-33-43(45)17-1)65-55-25-9-13-29-59(55)67(60-30-14-10-26-56(60)65)63-39-37-53(49-21-5-7-23-51(49)63)54-38-40-64(52-24-8-6-22-50(52)54)68-61-31-15-11-27-57(61)66(58-28-12-16-32-62(58)68)48-36-34-44-18-2-4-20-46(44)42-48/h1-3,6,8-9,11-13,15-19,21-37,39,45-46H,4-5,7,10,14,20,38,40-42H2. The maximum atomic E-state index is 2.56. The molecule has 0 heteroatoms. The van der Waals surface area contributed by atoms with Crippen LogP contribution >= 0.6 is 0 Å². The Labute approximate surface area is 398 Å². The van der Waals surface area contributed by atoms with E-state index in [1.807, 2.05) is 0 Å². The molecule has 0 heterocycles. The minimum absolute atomic E-state index is 0.437. The molecule has 0 radical (unpaired) electrons. The SMILES string of the molecule is C1=CC2=CC=C(c3c4c(c(-c5ccc(C6=c7ccccc7=C(c7c8ccccc8c(C8=CC=C9C=CCCC9C8)c8ccccc78)CC6)c6c5=CCCC=6)c5ccccc35)=CCCC=4)CC2C=C1. The first-order chi connectivity index (χ1) is 33.8. The van der Waals surface area contributed by atoms with Crippen LogP contribution in [0.5, 0.6) is 0 Å². The fourth-order valence-electron chi connectivity index (χ4n) is 13.5. The van der Waals surface area contributed by atoms with Gasteiger partial charge in [0.25, 0.3) is 0 Å². The predicted molar refractivity (Wildman–Crippen MR) is 291 cm³/mol. The Morgan fingerprint density at radius 2 is 0.912 bits per heavy atom. The molecule has 2 unspecified atom stereocenters. The lowest BCUT2D eigenvalue weighted by molar-refractivity contribution is 0.573. The highest BCUT2D eigenvalue weighted by atomic mass is 14.3. The smallest absolute Gasteiger partial charge is 0.00617 e. The Morgan fingerprint density at radius 1 is 0.382 bits per heavy atom. The van der Waals surface area contributed by atoms with Gasteiger partial charge < -0.3 is 0 Å². The van der Waals surface area contributed by atoms with Gasteiger partial charge in [-0.1, -0.05) is 194 Å². The highest BCUT2D eigenvalue weighted by Gasteiger charge is 2.27. The van der Waals surface area contributed by atoms with Crippen LogP contribution in [0.15, 0.2) is 181 Å². The molecule has 326 valence electrons. The van der Waals surface area contributed by atoms with E-state index in [0.717, 1.165) is 51.4 Å². The molecule has 7 aliphatic rings. The average molecular weight is 871 g/mol.